The quantitative estimate of drug-likeness (QED) is 0.754. The van der Waals surface area contributed by atoms with E-state index in [1.54, 1.807) is 0 Å². The summed E-state index contributed by atoms with van der Waals surface area (Å²) in [5, 5.41) is 5.75. The summed E-state index contributed by atoms with van der Waals surface area (Å²) >= 11 is 0. The molecule has 20 heavy (non-hydrogen) atoms. The Bertz CT molecular complexity index is 715. The summed E-state index contributed by atoms with van der Waals surface area (Å²) in [6.45, 7) is -0.310. The fourth-order valence-corrected chi connectivity index (χ4v) is 2.73. The number of hydrogen-bond acceptors (Lipinski definition) is 4. The lowest BCUT2D eigenvalue weighted by Crippen LogP contribution is -2.25. The maximum atomic E-state index is 13.4. The van der Waals surface area contributed by atoms with E-state index >= 15 is 0 Å². The molecule has 1 aromatic carbocycles. The third-order valence-electron chi connectivity index (χ3n) is 2.63. The van der Waals surface area contributed by atoms with Gasteiger partial charge in [-0.1, -0.05) is 6.07 Å². The Morgan fingerprint density at radius 1 is 1.30 bits per heavy atom. The fourth-order valence-electron chi connectivity index (χ4n) is 1.59. The van der Waals surface area contributed by atoms with E-state index < -0.39 is 21.7 Å². The number of aromatic amines is 1. The number of nitrogens with zero attached hydrogens (tertiary/aromatic N) is 1. The topological polar surface area (TPSA) is 101 Å². The van der Waals surface area contributed by atoms with Crippen LogP contribution in [0.25, 0.3) is 0 Å². The molecule has 0 bridgehead atoms. The van der Waals surface area contributed by atoms with Crippen molar-refractivity contribution in [2.24, 2.45) is 5.73 Å². The normalized spacial score (nSPS) is 11.8. The molecule has 0 spiro atoms. The lowest BCUT2D eigenvalue weighted by atomic mass is 10.2. The van der Waals surface area contributed by atoms with Crippen molar-refractivity contribution < 1.29 is 17.2 Å². The molecule has 0 saturated carbocycles. The molecule has 4 N–H and O–H groups in total. The molecule has 108 valence electrons. The van der Waals surface area contributed by atoms with E-state index in [0.29, 0.717) is 11.6 Å². The molecule has 0 aliphatic rings. The number of benzene rings is 1. The number of H-pyrrole nitrogens is 1. The molecule has 9 heteroatoms. The highest BCUT2D eigenvalue weighted by Gasteiger charge is 2.20. The van der Waals surface area contributed by atoms with Gasteiger partial charge in [-0.3, -0.25) is 5.10 Å². The zero-order valence-corrected chi connectivity index (χ0v) is 11.0. The Balaban J connectivity index is 2.17. The van der Waals surface area contributed by atoms with Crippen LogP contribution in [-0.4, -0.2) is 18.6 Å². The van der Waals surface area contributed by atoms with Gasteiger partial charge in [-0.15, -0.1) is 0 Å². The van der Waals surface area contributed by atoms with E-state index in [9.17, 15) is 17.2 Å². The molecular formula is C11H12F2N4O2S. The van der Waals surface area contributed by atoms with Crippen molar-refractivity contribution in [1.82, 2.24) is 14.9 Å². The summed E-state index contributed by atoms with van der Waals surface area (Å²) in [5.74, 6) is -1.55. The van der Waals surface area contributed by atoms with Crippen LogP contribution >= 0.6 is 0 Å². The largest absolute Gasteiger partial charge is 0.326 e. The number of nitrogens with two attached hydrogens (primary N) is 1. The predicted octanol–water partition coefficient (Wildman–Crippen LogP) is 0.625. The first kappa shape index (κ1) is 14.6. The molecular weight excluding hydrogens is 290 g/mol. The van der Waals surface area contributed by atoms with E-state index in [2.05, 4.69) is 14.9 Å². The monoisotopic (exact) mass is 302 g/mol. The van der Waals surface area contributed by atoms with Crippen molar-refractivity contribution in [3.05, 3.63) is 47.2 Å². The molecule has 0 radical (unpaired) electrons. The Kier molecular flexibility index (Phi) is 4.12. The number of sulfonamides is 1. The van der Waals surface area contributed by atoms with Crippen LogP contribution in [0.2, 0.25) is 0 Å². The van der Waals surface area contributed by atoms with Crippen LogP contribution in [0.15, 0.2) is 29.4 Å². The third-order valence-corrected chi connectivity index (χ3v) is 4.05. The Morgan fingerprint density at radius 2 is 2.05 bits per heavy atom. The van der Waals surface area contributed by atoms with Gasteiger partial charge >= 0.3 is 0 Å². The second kappa shape index (κ2) is 5.65. The molecule has 6 nitrogen and oxygen atoms in total. The van der Waals surface area contributed by atoms with Crippen LogP contribution in [-0.2, 0) is 23.1 Å². The van der Waals surface area contributed by atoms with E-state index in [1.807, 2.05) is 0 Å². The maximum Gasteiger partial charge on any atom is 0.258 e. The van der Waals surface area contributed by atoms with Gasteiger partial charge in [0.05, 0.1) is 6.20 Å². The van der Waals surface area contributed by atoms with Gasteiger partial charge in [0.1, 0.15) is 11.6 Å². The van der Waals surface area contributed by atoms with Crippen LogP contribution in [0.4, 0.5) is 8.78 Å². The maximum absolute atomic E-state index is 13.4. The van der Waals surface area contributed by atoms with E-state index in [-0.39, 0.29) is 23.7 Å². The standard InChI is InChI=1S/C11H12F2N4O2S/c12-9-2-1-7(10(13)3-9)6-16-20(18,19)11-8(4-14)5-15-17-11/h1-3,5,16H,4,6,14H2,(H,15,17). The zero-order valence-electron chi connectivity index (χ0n) is 10.2. The molecule has 2 aromatic rings. The van der Waals surface area contributed by atoms with Crippen molar-refractivity contribution in [2.75, 3.05) is 0 Å². The number of rotatable bonds is 5. The molecule has 0 aliphatic heterocycles. The minimum absolute atomic E-state index is 0.00233. The summed E-state index contributed by atoms with van der Waals surface area (Å²) in [6.07, 6.45) is 1.30. The average molecular weight is 302 g/mol. The van der Waals surface area contributed by atoms with Crippen molar-refractivity contribution in [3.63, 3.8) is 0 Å². The van der Waals surface area contributed by atoms with Crippen LogP contribution in [0, 0.1) is 11.6 Å². The summed E-state index contributed by atoms with van der Waals surface area (Å²) in [4.78, 5) is 0. The third kappa shape index (κ3) is 3.00. The second-order valence-electron chi connectivity index (χ2n) is 3.99. The Morgan fingerprint density at radius 3 is 2.70 bits per heavy atom. The van der Waals surface area contributed by atoms with E-state index in [0.717, 1.165) is 6.07 Å². The molecule has 0 unspecified atom stereocenters. The first-order chi connectivity index (χ1) is 9.44. The number of aromatic nitrogens is 2. The second-order valence-corrected chi connectivity index (χ2v) is 5.69. The van der Waals surface area contributed by atoms with Gasteiger partial charge in [0, 0.05) is 30.3 Å². The molecule has 0 atom stereocenters. The van der Waals surface area contributed by atoms with Gasteiger partial charge in [-0.05, 0) is 6.07 Å². The van der Waals surface area contributed by atoms with Crippen molar-refractivity contribution in [3.8, 4) is 0 Å². The lowest BCUT2D eigenvalue weighted by Gasteiger charge is -2.07. The van der Waals surface area contributed by atoms with Crippen LogP contribution in [0.1, 0.15) is 11.1 Å². The van der Waals surface area contributed by atoms with Crippen molar-refractivity contribution >= 4 is 10.0 Å². The van der Waals surface area contributed by atoms with Gasteiger partial charge in [0.2, 0.25) is 0 Å². The molecule has 1 heterocycles. The highest BCUT2D eigenvalue weighted by atomic mass is 32.2. The van der Waals surface area contributed by atoms with Crippen molar-refractivity contribution in [1.29, 1.82) is 0 Å². The minimum atomic E-state index is -3.89. The molecule has 1 aromatic heterocycles. The predicted molar refractivity (Wildman–Crippen MR) is 66.9 cm³/mol. The Hall–Kier alpha value is -1.84. The molecule has 2 rings (SSSR count). The van der Waals surface area contributed by atoms with Crippen LogP contribution in [0.5, 0.6) is 0 Å². The lowest BCUT2D eigenvalue weighted by molar-refractivity contribution is 0.560. The van der Waals surface area contributed by atoms with Crippen molar-refractivity contribution in [2.45, 2.75) is 18.1 Å². The molecule has 0 amide bonds. The smallest absolute Gasteiger partial charge is 0.258 e. The van der Waals surface area contributed by atoms with Gasteiger partial charge in [0.15, 0.2) is 5.03 Å². The SMILES string of the molecule is NCc1cn[nH]c1S(=O)(=O)NCc1ccc(F)cc1F. The highest BCUT2D eigenvalue weighted by Crippen LogP contribution is 2.13. The molecule has 0 fully saturated rings. The summed E-state index contributed by atoms with van der Waals surface area (Å²) < 4.78 is 52.3. The highest BCUT2D eigenvalue weighted by molar-refractivity contribution is 7.89. The van der Waals surface area contributed by atoms with E-state index in [4.69, 9.17) is 5.73 Å². The van der Waals surface area contributed by atoms with Crippen LogP contribution in [0.3, 0.4) is 0 Å². The summed E-state index contributed by atoms with van der Waals surface area (Å²) in [7, 11) is -3.89. The Labute approximate surface area is 114 Å². The molecule has 0 saturated heterocycles. The van der Waals surface area contributed by atoms with Gasteiger partial charge in [0.25, 0.3) is 10.0 Å². The van der Waals surface area contributed by atoms with Crippen LogP contribution < -0.4 is 10.5 Å². The summed E-state index contributed by atoms with van der Waals surface area (Å²) in [6, 6.07) is 2.91. The molecule has 0 aliphatic carbocycles. The zero-order chi connectivity index (χ0) is 14.8. The number of hydrogen-bond donors (Lipinski definition) is 3. The number of nitrogens with one attached hydrogen (secondary N) is 2. The average Bonchev–Trinajstić information content (AvgIpc) is 2.86. The first-order valence-electron chi connectivity index (χ1n) is 5.60. The van der Waals surface area contributed by atoms with Gasteiger partial charge in [-0.2, -0.15) is 5.10 Å². The van der Waals surface area contributed by atoms with Gasteiger partial charge < -0.3 is 5.73 Å². The fraction of sp³-hybridized carbons (Fsp3) is 0.182. The minimum Gasteiger partial charge on any atom is -0.326 e. The number of halogens is 2. The first-order valence-corrected chi connectivity index (χ1v) is 7.08. The van der Waals surface area contributed by atoms with E-state index in [1.165, 1.54) is 12.3 Å². The van der Waals surface area contributed by atoms with Gasteiger partial charge in [-0.25, -0.2) is 21.9 Å². The summed E-state index contributed by atoms with van der Waals surface area (Å²) in [5.41, 5.74) is 5.73.